The van der Waals surface area contributed by atoms with Crippen molar-refractivity contribution in [3.63, 3.8) is 0 Å². The molecular weight excluding hydrogens is 413 g/mol. The maximum absolute atomic E-state index is 13.4. The number of halogens is 1. The van der Waals surface area contributed by atoms with E-state index < -0.39 is 24.2 Å². The fourth-order valence-electron chi connectivity index (χ4n) is 2.51. The van der Waals surface area contributed by atoms with Crippen molar-refractivity contribution in [2.24, 2.45) is 0 Å². The Morgan fingerprint density at radius 3 is 2.59 bits per heavy atom. The number of nitrogens with zero attached hydrogens (tertiary/aromatic N) is 1. The molecular formula is C21H18FNO4S2. The van der Waals surface area contributed by atoms with Crippen LogP contribution in [0.4, 0.5) is 4.39 Å². The van der Waals surface area contributed by atoms with Gasteiger partial charge in [-0.1, -0.05) is 0 Å². The van der Waals surface area contributed by atoms with Gasteiger partial charge in [0, 0.05) is 16.0 Å². The maximum Gasteiger partial charge on any atom is 0.338 e. The van der Waals surface area contributed by atoms with E-state index >= 15 is 0 Å². The molecule has 0 aliphatic rings. The average Bonchev–Trinajstić information content (AvgIpc) is 3.15. The molecule has 0 radical (unpaired) electrons. The number of Topliss-reactive ketones (excluding diaryl/α,β-unsaturated/α-hetero) is 1. The number of hydrogen-bond donors (Lipinski definition) is 0. The van der Waals surface area contributed by atoms with Gasteiger partial charge in [-0.3, -0.25) is 4.79 Å². The van der Waals surface area contributed by atoms with Crippen molar-refractivity contribution in [2.75, 3.05) is 13.7 Å². The average molecular weight is 432 g/mol. The van der Waals surface area contributed by atoms with Gasteiger partial charge in [-0.2, -0.15) is 0 Å². The first-order valence-corrected chi connectivity index (χ1v) is 10.5. The summed E-state index contributed by atoms with van der Waals surface area (Å²) in [4.78, 5) is 29.9. The van der Waals surface area contributed by atoms with Crippen LogP contribution in [0.3, 0.4) is 0 Å². The molecule has 8 heteroatoms. The van der Waals surface area contributed by atoms with Crippen molar-refractivity contribution in [1.82, 2.24) is 4.98 Å². The molecule has 1 heterocycles. The van der Waals surface area contributed by atoms with E-state index in [1.54, 1.807) is 35.2 Å². The number of esters is 1. The van der Waals surface area contributed by atoms with Gasteiger partial charge >= 0.3 is 5.97 Å². The number of aryl methyl sites for hydroxylation is 1. The molecule has 0 bridgehead atoms. The summed E-state index contributed by atoms with van der Waals surface area (Å²) >= 11 is 3.23. The number of methoxy groups -OCH3 is 1. The van der Waals surface area contributed by atoms with Crippen LogP contribution in [-0.2, 0) is 10.5 Å². The highest BCUT2D eigenvalue weighted by Crippen LogP contribution is 2.24. The van der Waals surface area contributed by atoms with Gasteiger partial charge in [0.2, 0.25) is 5.78 Å². The lowest BCUT2D eigenvalue weighted by Gasteiger charge is -2.09. The smallest absolute Gasteiger partial charge is 0.338 e. The van der Waals surface area contributed by atoms with Crippen LogP contribution in [0.25, 0.3) is 0 Å². The van der Waals surface area contributed by atoms with Gasteiger partial charge in [0.25, 0.3) is 0 Å². The number of thioether (sulfide) groups is 1. The first-order chi connectivity index (χ1) is 14.0. The number of ketones is 1. The van der Waals surface area contributed by atoms with Crippen LogP contribution >= 0.6 is 23.1 Å². The Kier molecular flexibility index (Phi) is 7.00. The van der Waals surface area contributed by atoms with E-state index in [2.05, 4.69) is 4.98 Å². The van der Waals surface area contributed by atoms with Gasteiger partial charge in [0.15, 0.2) is 6.61 Å². The second kappa shape index (κ2) is 9.67. The summed E-state index contributed by atoms with van der Waals surface area (Å²) in [5, 5.41) is 3.06. The van der Waals surface area contributed by atoms with Crippen molar-refractivity contribution < 1.29 is 23.5 Å². The fraction of sp³-hybridized carbons (Fsp3) is 0.190. The molecule has 2 aromatic carbocycles. The monoisotopic (exact) mass is 431 g/mol. The van der Waals surface area contributed by atoms with Crippen molar-refractivity contribution >= 4 is 34.9 Å². The Bertz CT molecular complexity index is 1020. The molecule has 0 spiro atoms. The summed E-state index contributed by atoms with van der Waals surface area (Å²) in [6.07, 6.45) is 0. The molecule has 0 aliphatic carbocycles. The number of rotatable bonds is 8. The number of ether oxygens (including phenoxy) is 2. The summed E-state index contributed by atoms with van der Waals surface area (Å²) in [5.74, 6) is -0.760. The van der Waals surface area contributed by atoms with E-state index in [0.29, 0.717) is 5.56 Å². The molecule has 0 N–H and O–H groups in total. The van der Waals surface area contributed by atoms with E-state index in [0.717, 1.165) is 27.4 Å². The van der Waals surface area contributed by atoms with E-state index in [9.17, 15) is 14.0 Å². The number of carbonyl (C=O) groups is 2. The Morgan fingerprint density at radius 1 is 1.17 bits per heavy atom. The lowest BCUT2D eigenvalue weighted by Crippen LogP contribution is -2.15. The van der Waals surface area contributed by atoms with Crippen LogP contribution in [0.15, 0.2) is 52.7 Å². The van der Waals surface area contributed by atoms with Crippen molar-refractivity contribution in [2.45, 2.75) is 17.6 Å². The van der Waals surface area contributed by atoms with Gasteiger partial charge < -0.3 is 9.47 Å². The third kappa shape index (κ3) is 5.65. The van der Waals surface area contributed by atoms with Crippen molar-refractivity contribution in [3.8, 4) is 5.75 Å². The Balaban J connectivity index is 1.55. The minimum Gasteiger partial charge on any atom is -0.496 e. The predicted molar refractivity (Wildman–Crippen MR) is 110 cm³/mol. The van der Waals surface area contributed by atoms with Gasteiger partial charge in [-0.25, -0.2) is 14.2 Å². The Hall–Kier alpha value is -2.71. The molecule has 0 aliphatic heterocycles. The number of aromatic nitrogens is 1. The molecule has 3 rings (SSSR count). The zero-order valence-corrected chi connectivity index (χ0v) is 17.4. The van der Waals surface area contributed by atoms with Crippen LogP contribution in [0.5, 0.6) is 5.75 Å². The van der Waals surface area contributed by atoms with E-state index in [1.807, 2.05) is 24.4 Å². The highest BCUT2D eigenvalue weighted by atomic mass is 32.2. The molecule has 0 atom stereocenters. The van der Waals surface area contributed by atoms with Crippen LogP contribution in [-0.4, -0.2) is 30.5 Å². The minimum absolute atomic E-state index is 0.0318. The Morgan fingerprint density at radius 2 is 1.93 bits per heavy atom. The standard InChI is InChI=1S/C21H18FNO4S2/c1-13-23-16(11-28-13)12-29-17-6-3-14(4-7-17)21(25)27-10-19(24)18-9-15(22)5-8-20(18)26-2/h3-9,11H,10,12H2,1-2H3. The highest BCUT2D eigenvalue weighted by Gasteiger charge is 2.16. The first-order valence-electron chi connectivity index (χ1n) is 8.64. The number of thiazole rings is 1. The second-order valence-corrected chi connectivity index (χ2v) is 8.13. The Labute approximate surface area is 175 Å². The highest BCUT2D eigenvalue weighted by molar-refractivity contribution is 7.98. The summed E-state index contributed by atoms with van der Waals surface area (Å²) < 4.78 is 23.5. The summed E-state index contributed by atoms with van der Waals surface area (Å²) in [7, 11) is 1.38. The van der Waals surface area contributed by atoms with Gasteiger partial charge in [0.05, 0.1) is 28.9 Å². The van der Waals surface area contributed by atoms with Crippen LogP contribution in [0.1, 0.15) is 31.4 Å². The van der Waals surface area contributed by atoms with Gasteiger partial charge in [-0.15, -0.1) is 23.1 Å². The van der Waals surface area contributed by atoms with Crippen LogP contribution in [0.2, 0.25) is 0 Å². The molecule has 1 aromatic heterocycles. The number of benzene rings is 2. The summed E-state index contributed by atoms with van der Waals surface area (Å²) in [5.41, 5.74) is 1.38. The zero-order chi connectivity index (χ0) is 20.8. The lowest BCUT2D eigenvalue weighted by atomic mass is 10.1. The molecule has 150 valence electrons. The lowest BCUT2D eigenvalue weighted by molar-refractivity contribution is 0.0474. The van der Waals surface area contributed by atoms with E-state index in [1.165, 1.54) is 19.2 Å². The molecule has 29 heavy (non-hydrogen) atoms. The van der Waals surface area contributed by atoms with Crippen molar-refractivity contribution in [1.29, 1.82) is 0 Å². The largest absolute Gasteiger partial charge is 0.496 e. The summed E-state index contributed by atoms with van der Waals surface area (Å²) in [6, 6.07) is 10.5. The predicted octanol–water partition coefficient (Wildman–Crippen LogP) is 4.93. The van der Waals surface area contributed by atoms with Gasteiger partial charge in [-0.05, 0) is 49.4 Å². The zero-order valence-electron chi connectivity index (χ0n) is 15.8. The molecule has 0 saturated carbocycles. The number of hydrogen-bond acceptors (Lipinski definition) is 7. The molecule has 0 saturated heterocycles. The van der Waals surface area contributed by atoms with Crippen LogP contribution in [0, 0.1) is 12.7 Å². The molecule has 5 nitrogen and oxygen atoms in total. The maximum atomic E-state index is 13.4. The minimum atomic E-state index is -0.625. The quantitative estimate of drug-likeness (QED) is 0.286. The third-order valence-electron chi connectivity index (χ3n) is 3.94. The third-order valence-corrected chi connectivity index (χ3v) is 5.81. The molecule has 0 unspecified atom stereocenters. The molecule has 0 amide bonds. The SMILES string of the molecule is COc1ccc(F)cc1C(=O)COC(=O)c1ccc(SCc2csc(C)n2)cc1. The van der Waals surface area contributed by atoms with Gasteiger partial charge in [0.1, 0.15) is 11.6 Å². The first kappa shape index (κ1) is 21.0. The fourth-order valence-corrected chi connectivity index (χ4v) is 4.02. The molecule has 0 fully saturated rings. The summed E-state index contributed by atoms with van der Waals surface area (Å²) in [6.45, 7) is 1.46. The van der Waals surface area contributed by atoms with Crippen molar-refractivity contribution in [3.05, 3.63) is 75.5 Å². The topological polar surface area (TPSA) is 65.5 Å². The second-order valence-electron chi connectivity index (χ2n) is 6.01. The van der Waals surface area contributed by atoms with Crippen LogP contribution < -0.4 is 4.74 Å². The van der Waals surface area contributed by atoms with E-state index in [-0.39, 0.29) is 11.3 Å². The molecule has 3 aromatic rings. The van der Waals surface area contributed by atoms with E-state index in [4.69, 9.17) is 9.47 Å². The number of carbonyl (C=O) groups excluding carboxylic acids is 2. The normalized spacial score (nSPS) is 10.6.